The number of halogens is 1. The third kappa shape index (κ3) is 4.24. The number of thioether (sulfide) groups is 1. The largest absolute Gasteiger partial charge is 0.349 e. The van der Waals surface area contributed by atoms with Crippen molar-refractivity contribution in [3.63, 3.8) is 0 Å². The highest BCUT2D eigenvalue weighted by atomic mass is 35.5. The van der Waals surface area contributed by atoms with Crippen molar-refractivity contribution in [2.24, 2.45) is 0 Å². The van der Waals surface area contributed by atoms with Gasteiger partial charge in [-0.2, -0.15) is 0 Å². The molecule has 118 valence electrons. The predicted octanol–water partition coefficient (Wildman–Crippen LogP) is 3.18. The van der Waals surface area contributed by atoms with E-state index in [1.54, 1.807) is 11.8 Å². The summed E-state index contributed by atoms with van der Waals surface area (Å²) in [4.78, 5) is 13.0. The number of amides is 1. The highest BCUT2D eigenvalue weighted by Crippen LogP contribution is 2.20. The fourth-order valence-electron chi connectivity index (χ4n) is 2.07. The van der Waals surface area contributed by atoms with Crippen molar-refractivity contribution in [1.82, 2.24) is 19.9 Å². The number of rotatable bonds is 6. The van der Waals surface area contributed by atoms with Gasteiger partial charge in [-0.05, 0) is 36.4 Å². The van der Waals surface area contributed by atoms with Crippen LogP contribution in [0.4, 0.5) is 0 Å². The zero-order valence-corrected chi connectivity index (χ0v) is 13.8. The summed E-state index contributed by atoms with van der Waals surface area (Å²) >= 11 is 7.47. The van der Waals surface area contributed by atoms with Gasteiger partial charge in [0.2, 0.25) is 5.91 Å². The Balaban J connectivity index is 1.45. The number of fused-ring (bicyclic) bond motifs is 1. The van der Waals surface area contributed by atoms with Gasteiger partial charge < -0.3 is 5.32 Å². The highest BCUT2D eigenvalue weighted by Gasteiger charge is 2.07. The van der Waals surface area contributed by atoms with Gasteiger partial charge in [0.15, 0.2) is 11.5 Å². The Morgan fingerprint density at radius 3 is 2.83 bits per heavy atom. The molecule has 0 aliphatic heterocycles. The third-order valence-electron chi connectivity index (χ3n) is 3.24. The van der Waals surface area contributed by atoms with Gasteiger partial charge in [-0.1, -0.05) is 17.7 Å². The zero-order valence-electron chi connectivity index (χ0n) is 12.3. The fourth-order valence-corrected chi connectivity index (χ4v) is 3.05. The number of pyridine rings is 1. The molecule has 7 heteroatoms. The van der Waals surface area contributed by atoms with E-state index in [0.29, 0.717) is 23.7 Å². The van der Waals surface area contributed by atoms with Crippen molar-refractivity contribution in [2.45, 2.75) is 17.9 Å². The van der Waals surface area contributed by atoms with E-state index in [-0.39, 0.29) is 5.91 Å². The lowest BCUT2D eigenvalue weighted by Gasteiger charge is -2.04. The van der Waals surface area contributed by atoms with Gasteiger partial charge in [0, 0.05) is 28.3 Å². The standard InChI is InChI=1S/C16H15ClN4OS/c17-12-4-6-13(7-5-12)23-10-8-16(22)18-11-15-20-19-14-3-1-2-9-21(14)15/h1-7,9H,8,10-11H2,(H,18,22). The SMILES string of the molecule is O=C(CCSc1ccc(Cl)cc1)NCc1nnc2ccccn12. The molecule has 0 saturated heterocycles. The van der Waals surface area contributed by atoms with Crippen molar-refractivity contribution >= 4 is 34.9 Å². The number of benzene rings is 1. The van der Waals surface area contributed by atoms with Crippen LogP contribution in [0.3, 0.4) is 0 Å². The summed E-state index contributed by atoms with van der Waals surface area (Å²) in [5, 5.41) is 11.7. The first-order valence-electron chi connectivity index (χ1n) is 7.16. The fraction of sp³-hybridized carbons (Fsp3) is 0.188. The van der Waals surface area contributed by atoms with Gasteiger partial charge in [0.25, 0.3) is 0 Å². The second kappa shape index (κ2) is 7.48. The Morgan fingerprint density at radius 1 is 1.17 bits per heavy atom. The molecule has 0 atom stereocenters. The summed E-state index contributed by atoms with van der Waals surface area (Å²) in [5.74, 6) is 1.44. The minimum absolute atomic E-state index is 0.000792. The molecule has 2 aromatic heterocycles. The Kier molecular flexibility index (Phi) is 5.15. The number of hydrogen-bond donors (Lipinski definition) is 1. The summed E-state index contributed by atoms with van der Waals surface area (Å²) in [6.07, 6.45) is 2.33. The Bertz CT molecular complexity index is 803. The van der Waals surface area contributed by atoms with Crippen LogP contribution in [0.1, 0.15) is 12.2 Å². The number of carbonyl (C=O) groups is 1. The smallest absolute Gasteiger partial charge is 0.221 e. The minimum atomic E-state index is -0.000792. The van der Waals surface area contributed by atoms with Crippen LogP contribution in [0.5, 0.6) is 0 Å². The van der Waals surface area contributed by atoms with E-state index < -0.39 is 0 Å². The summed E-state index contributed by atoms with van der Waals surface area (Å²) in [6, 6.07) is 13.3. The van der Waals surface area contributed by atoms with Crippen molar-refractivity contribution in [3.8, 4) is 0 Å². The first-order valence-corrected chi connectivity index (χ1v) is 8.52. The second-order valence-electron chi connectivity index (χ2n) is 4.87. The Hall–Kier alpha value is -2.05. The topological polar surface area (TPSA) is 59.3 Å². The molecule has 5 nitrogen and oxygen atoms in total. The van der Waals surface area contributed by atoms with Crippen LogP contribution >= 0.6 is 23.4 Å². The molecule has 1 N–H and O–H groups in total. The van der Waals surface area contributed by atoms with E-state index in [2.05, 4.69) is 15.5 Å². The van der Waals surface area contributed by atoms with Crippen LogP contribution in [0.2, 0.25) is 5.02 Å². The molecule has 1 aromatic carbocycles. The molecule has 3 rings (SSSR count). The monoisotopic (exact) mass is 346 g/mol. The van der Waals surface area contributed by atoms with E-state index in [0.717, 1.165) is 16.4 Å². The average molecular weight is 347 g/mol. The molecule has 0 radical (unpaired) electrons. The highest BCUT2D eigenvalue weighted by molar-refractivity contribution is 7.99. The molecular weight excluding hydrogens is 332 g/mol. The third-order valence-corrected chi connectivity index (χ3v) is 4.51. The van der Waals surface area contributed by atoms with Gasteiger partial charge in [-0.3, -0.25) is 9.20 Å². The van der Waals surface area contributed by atoms with E-state index >= 15 is 0 Å². The molecule has 0 fully saturated rings. The van der Waals surface area contributed by atoms with Crippen molar-refractivity contribution in [1.29, 1.82) is 0 Å². The number of carbonyl (C=O) groups excluding carboxylic acids is 1. The molecule has 0 aliphatic carbocycles. The van der Waals surface area contributed by atoms with Crippen molar-refractivity contribution in [2.75, 3.05) is 5.75 Å². The maximum Gasteiger partial charge on any atom is 0.221 e. The van der Waals surface area contributed by atoms with Gasteiger partial charge in [0.1, 0.15) is 0 Å². The van der Waals surface area contributed by atoms with Crippen LogP contribution in [0, 0.1) is 0 Å². The lowest BCUT2D eigenvalue weighted by Crippen LogP contribution is -2.24. The van der Waals surface area contributed by atoms with Crippen LogP contribution in [0.25, 0.3) is 5.65 Å². The number of hydrogen-bond acceptors (Lipinski definition) is 4. The van der Waals surface area contributed by atoms with Crippen molar-refractivity contribution < 1.29 is 4.79 Å². The van der Waals surface area contributed by atoms with E-state index in [9.17, 15) is 4.79 Å². The summed E-state index contributed by atoms with van der Waals surface area (Å²) in [7, 11) is 0. The lowest BCUT2D eigenvalue weighted by atomic mass is 10.4. The first-order chi connectivity index (χ1) is 11.2. The predicted molar refractivity (Wildman–Crippen MR) is 91.6 cm³/mol. The van der Waals surface area contributed by atoms with Crippen LogP contribution in [-0.2, 0) is 11.3 Å². The number of nitrogens with one attached hydrogen (secondary N) is 1. The van der Waals surface area contributed by atoms with Gasteiger partial charge in [-0.25, -0.2) is 0 Å². The molecule has 0 unspecified atom stereocenters. The minimum Gasteiger partial charge on any atom is -0.349 e. The summed E-state index contributed by atoms with van der Waals surface area (Å²) in [6.45, 7) is 0.371. The average Bonchev–Trinajstić information content (AvgIpc) is 2.98. The summed E-state index contributed by atoms with van der Waals surface area (Å²) in [5.41, 5.74) is 0.773. The Morgan fingerprint density at radius 2 is 2.00 bits per heavy atom. The van der Waals surface area contributed by atoms with Crippen LogP contribution < -0.4 is 5.32 Å². The molecule has 0 bridgehead atoms. The maximum absolute atomic E-state index is 11.9. The van der Waals surface area contributed by atoms with E-state index in [1.807, 2.05) is 53.1 Å². The molecule has 1 amide bonds. The first kappa shape index (κ1) is 15.8. The molecular formula is C16H15ClN4OS. The normalized spacial score (nSPS) is 10.8. The number of nitrogens with zero attached hydrogens (tertiary/aromatic N) is 3. The number of aromatic nitrogens is 3. The molecule has 2 heterocycles. The molecule has 0 saturated carbocycles. The van der Waals surface area contributed by atoms with Gasteiger partial charge in [-0.15, -0.1) is 22.0 Å². The van der Waals surface area contributed by atoms with Crippen molar-refractivity contribution in [3.05, 3.63) is 59.5 Å². The van der Waals surface area contributed by atoms with Crippen LogP contribution in [0.15, 0.2) is 53.6 Å². The quantitative estimate of drug-likeness (QED) is 0.696. The lowest BCUT2D eigenvalue weighted by molar-refractivity contribution is -0.120. The second-order valence-corrected chi connectivity index (χ2v) is 6.48. The maximum atomic E-state index is 11.9. The van der Waals surface area contributed by atoms with Gasteiger partial charge in [0.05, 0.1) is 6.54 Å². The van der Waals surface area contributed by atoms with E-state index in [1.165, 1.54) is 0 Å². The van der Waals surface area contributed by atoms with Crippen LogP contribution in [-0.4, -0.2) is 26.3 Å². The zero-order chi connectivity index (χ0) is 16.1. The summed E-state index contributed by atoms with van der Waals surface area (Å²) < 4.78 is 1.86. The molecule has 0 aliphatic rings. The molecule has 23 heavy (non-hydrogen) atoms. The van der Waals surface area contributed by atoms with E-state index in [4.69, 9.17) is 11.6 Å². The Labute approximate surface area is 143 Å². The van der Waals surface area contributed by atoms with Gasteiger partial charge >= 0.3 is 0 Å². The molecule has 0 spiro atoms. The molecule has 3 aromatic rings.